The molecule has 7 nitrogen and oxygen atoms in total. The molecular formula is C11H16N2O5. The van der Waals surface area contributed by atoms with Crippen molar-refractivity contribution in [3.8, 4) is 5.88 Å². The minimum absolute atomic E-state index is 0.0333. The van der Waals surface area contributed by atoms with E-state index in [9.17, 15) is 9.59 Å². The number of hydrogen-bond acceptors (Lipinski definition) is 5. The first-order valence-corrected chi connectivity index (χ1v) is 5.49. The van der Waals surface area contributed by atoms with Crippen molar-refractivity contribution in [3.05, 3.63) is 11.8 Å². The number of methoxy groups -OCH3 is 1. The molecule has 100 valence electrons. The summed E-state index contributed by atoms with van der Waals surface area (Å²) < 4.78 is 9.66. The van der Waals surface area contributed by atoms with Gasteiger partial charge in [0.05, 0.1) is 19.6 Å². The van der Waals surface area contributed by atoms with Crippen molar-refractivity contribution in [1.29, 1.82) is 0 Å². The van der Waals surface area contributed by atoms with E-state index in [1.54, 1.807) is 13.8 Å². The number of carbonyl (C=O) groups excluding carboxylic acids is 1. The van der Waals surface area contributed by atoms with E-state index in [1.165, 1.54) is 18.1 Å². The van der Waals surface area contributed by atoms with Gasteiger partial charge in [0.15, 0.2) is 0 Å². The highest BCUT2D eigenvalue weighted by atomic mass is 16.5. The Balaban J connectivity index is 2.78. The van der Waals surface area contributed by atoms with E-state index in [0.29, 0.717) is 0 Å². The standard InChI is InChI=1S/C11H16N2O5/c1-7(2)13(5-4-10(14)15)11(16)8-6-9(17-3)12-18-8/h6-7H,4-5H2,1-3H3,(H,14,15). The predicted octanol–water partition coefficient (Wildman–Crippen LogP) is 1.01. The van der Waals surface area contributed by atoms with Gasteiger partial charge in [-0.15, -0.1) is 0 Å². The molecule has 1 aromatic heterocycles. The molecule has 0 atom stereocenters. The lowest BCUT2D eigenvalue weighted by Crippen LogP contribution is -2.38. The molecule has 0 aliphatic rings. The number of nitrogens with zero attached hydrogens (tertiary/aromatic N) is 2. The number of rotatable bonds is 6. The van der Waals surface area contributed by atoms with Crippen LogP contribution >= 0.6 is 0 Å². The van der Waals surface area contributed by atoms with Crippen molar-refractivity contribution < 1.29 is 24.0 Å². The number of hydrogen-bond donors (Lipinski definition) is 1. The lowest BCUT2D eigenvalue weighted by atomic mass is 10.2. The van der Waals surface area contributed by atoms with Gasteiger partial charge < -0.3 is 19.3 Å². The topological polar surface area (TPSA) is 92.9 Å². The zero-order valence-corrected chi connectivity index (χ0v) is 10.5. The summed E-state index contributed by atoms with van der Waals surface area (Å²) in [6, 6.07) is 1.24. The average Bonchev–Trinajstić information content (AvgIpc) is 2.76. The van der Waals surface area contributed by atoms with E-state index >= 15 is 0 Å². The summed E-state index contributed by atoms with van der Waals surface area (Å²) in [7, 11) is 1.41. The molecule has 1 rings (SSSR count). The van der Waals surface area contributed by atoms with Crippen LogP contribution in [0.25, 0.3) is 0 Å². The molecule has 1 aromatic rings. The molecule has 0 aliphatic carbocycles. The number of carboxylic acid groups (broad SMARTS) is 1. The molecule has 0 unspecified atom stereocenters. The third kappa shape index (κ3) is 3.47. The first-order chi connectivity index (χ1) is 8.45. The maximum Gasteiger partial charge on any atom is 0.305 e. The van der Waals surface area contributed by atoms with Crippen LogP contribution in [0.2, 0.25) is 0 Å². The summed E-state index contributed by atoms with van der Waals surface area (Å²) in [5.74, 6) is -1.11. The summed E-state index contributed by atoms with van der Waals surface area (Å²) in [6.07, 6.45) is -0.116. The molecule has 18 heavy (non-hydrogen) atoms. The normalized spacial score (nSPS) is 10.4. The number of aromatic nitrogens is 1. The first kappa shape index (κ1) is 14.0. The Morgan fingerprint density at radius 2 is 2.22 bits per heavy atom. The lowest BCUT2D eigenvalue weighted by molar-refractivity contribution is -0.137. The minimum atomic E-state index is -0.955. The fraction of sp³-hybridized carbons (Fsp3) is 0.545. The van der Waals surface area contributed by atoms with Gasteiger partial charge in [0.25, 0.3) is 11.8 Å². The second kappa shape index (κ2) is 6.04. The highest BCUT2D eigenvalue weighted by molar-refractivity contribution is 5.92. The van der Waals surface area contributed by atoms with Crippen molar-refractivity contribution in [2.45, 2.75) is 26.3 Å². The summed E-state index contributed by atoms with van der Waals surface area (Å²) in [6.45, 7) is 3.72. The molecule has 0 saturated heterocycles. The molecule has 7 heteroatoms. The third-order valence-electron chi connectivity index (χ3n) is 2.36. The quantitative estimate of drug-likeness (QED) is 0.816. The Hall–Kier alpha value is -2.05. The van der Waals surface area contributed by atoms with Crippen LogP contribution in [0.3, 0.4) is 0 Å². The van der Waals surface area contributed by atoms with Crippen molar-refractivity contribution >= 4 is 11.9 Å². The molecule has 0 saturated carbocycles. The van der Waals surface area contributed by atoms with E-state index in [4.69, 9.17) is 14.4 Å². The number of aliphatic carboxylic acids is 1. The maximum atomic E-state index is 12.1. The van der Waals surface area contributed by atoms with Gasteiger partial charge in [-0.05, 0) is 19.0 Å². The Morgan fingerprint density at radius 3 is 2.67 bits per heavy atom. The highest BCUT2D eigenvalue weighted by Crippen LogP contribution is 2.14. The third-order valence-corrected chi connectivity index (χ3v) is 2.36. The predicted molar refractivity (Wildman–Crippen MR) is 61.5 cm³/mol. The number of ether oxygens (including phenoxy) is 1. The monoisotopic (exact) mass is 256 g/mol. The second-order valence-corrected chi connectivity index (χ2v) is 3.97. The summed E-state index contributed by atoms with van der Waals surface area (Å²) in [5.41, 5.74) is 0. The molecule has 0 radical (unpaired) electrons. The molecule has 0 fully saturated rings. The van der Waals surface area contributed by atoms with E-state index in [1.807, 2.05) is 0 Å². The fourth-order valence-corrected chi connectivity index (χ4v) is 1.41. The largest absolute Gasteiger partial charge is 0.481 e. The first-order valence-electron chi connectivity index (χ1n) is 5.49. The molecular weight excluding hydrogens is 240 g/mol. The van der Waals surface area contributed by atoms with Crippen LogP contribution in [0, 0.1) is 0 Å². The zero-order valence-electron chi connectivity index (χ0n) is 10.5. The Kier molecular flexibility index (Phi) is 4.70. The van der Waals surface area contributed by atoms with E-state index < -0.39 is 11.9 Å². The van der Waals surface area contributed by atoms with Crippen LogP contribution in [0.4, 0.5) is 0 Å². The highest BCUT2D eigenvalue weighted by Gasteiger charge is 2.23. The molecule has 0 bridgehead atoms. The van der Waals surface area contributed by atoms with Crippen molar-refractivity contribution in [2.75, 3.05) is 13.7 Å². The van der Waals surface area contributed by atoms with Crippen molar-refractivity contribution in [2.24, 2.45) is 0 Å². The average molecular weight is 256 g/mol. The number of amides is 1. The smallest absolute Gasteiger partial charge is 0.305 e. The molecule has 1 N–H and O–H groups in total. The van der Waals surface area contributed by atoms with Gasteiger partial charge in [0, 0.05) is 12.6 Å². The summed E-state index contributed by atoms with van der Waals surface area (Å²) >= 11 is 0. The van der Waals surface area contributed by atoms with Crippen molar-refractivity contribution in [1.82, 2.24) is 10.1 Å². The van der Waals surface area contributed by atoms with Gasteiger partial charge in [-0.2, -0.15) is 0 Å². The molecule has 1 heterocycles. The van der Waals surface area contributed by atoms with Gasteiger partial charge in [-0.3, -0.25) is 9.59 Å². The van der Waals surface area contributed by atoms with Gasteiger partial charge >= 0.3 is 5.97 Å². The van der Waals surface area contributed by atoms with Gasteiger partial charge in [0.1, 0.15) is 0 Å². The van der Waals surface area contributed by atoms with Crippen LogP contribution in [0.5, 0.6) is 5.88 Å². The molecule has 1 amide bonds. The van der Waals surface area contributed by atoms with E-state index in [2.05, 4.69) is 5.16 Å². The van der Waals surface area contributed by atoms with Crippen LogP contribution in [0.1, 0.15) is 30.8 Å². The summed E-state index contributed by atoms with van der Waals surface area (Å²) in [4.78, 5) is 24.0. The number of carbonyl (C=O) groups is 2. The van der Waals surface area contributed by atoms with Crippen LogP contribution in [-0.2, 0) is 4.79 Å². The van der Waals surface area contributed by atoms with E-state index in [0.717, 1.165) is 0 Å². The molecule has 0 spiro atoms. The van der Waals surface area contributed by atoms with Crippen molar-refractivity contribution in [3.63, 3.8) is 0 Å². The SMILES string of the molecule is COc1cc(C(=O)N(CCC(=O)O)C(C)C)on1. The molecule has 0 aromatic carbocycles. The van der Waals surface area contributed by atoms with Gasteiger partial charge in [-0.1, -0.05) is 0 Å². The fourth-order valence-electron chi connectivity index (χ4n) is 1.41. The van der Waals surface area contributed by atoms with Gasteiger partial charge in [-0.25, -0.2) is 0 Å². The van der Waals surface area contributed by atoms with Crippen LogP contribution < -0.4 is 4.74 Å². The maximum absolute atomic E-state index is 12.1. The Morgan fingerprint density at radius 1 is 1.56 bits per heavy atom. The minimum Gasteiger partial charge on any atom is -0.481 e. The van der Waals surface area contributed by atoms with Gasteiger partial charge in [0.2, 0.25) is 5.76 Å². The van der Waals surface area contributed by atoms with Crippen LogP contribution in [0.15, 0.2) is 10.6 Å². The van der Waals surface area contributed by atoms with Crippen LogP contribution in [-0.4, -0.2) is 46.7 Å². The summed E-state index contributed by atoms with van der Waals surface area (Å²) in [5, 5.41) is 12.2. The number of carboxylic acids is 1. The van der Waals surface area contributed by atoms with E-state index in [-0.39, 0.29) is 30.6 Å². The Labute approximate surface area is 104 Å². The lowest BCUT2D eigenvalue weighted by Gasteiger charge is -2.24. The Bertz CT molecular complexity index is 427. The second-order valence-electron chi connectivity index (χ2n) is 3.97. The zero-order chi connectivity index (χ0) is 13.7. The molecule has 0 aliphatic heterocycles.